The van der Waals surface area contributed by atoms with E-state index in [-0.39, 0.29) is 11.7 Å². The first-order valence-electron chi connectivity index (χ1n) is 5.98. The molecular formula is C13H14BrN3O2. The van der Waals surface area contributed by atoms with Gasteiger partial charge in [-0.05, 0) is 35.3 Å². The lowest BCUT2D eigenvalue weighted by molar-refractivity contribution is 0.0518. The molecule has 0 amide bonds. The van der Waals surface area contributed by atoms with E-state index in [0.29, 0.717) is 11.2 Å². The molecule has 1 aromatic heterocycles. The summed E-state index contributed by atoms with van der Waals surface area (Å²) in [5, 5.41) is 7.89. The molecule has 0 saturated heterocycles. The van der Waals surface area contributed by atoms with Crippen LogP contribution in [0, 0.1) is 0 Å². The summed E-state index contributed by atoms with van der Waals surface area (Å²) in [6.45, 7) is 4.05. The highest BCUT2D eigenvalue weighted by Crippen LogP contribution is 2.23. The summed E-state index contributed by atoms with van der Waals surface area (Å²) < 4.78 is 7.11. The second kappa shape index (κ2) is 5.97. The number of aromatic nitrogens is 3. The molecule has 0 saturated carbocycles. The number of esters is 1. The lowest BCUT2D eigenvalue weighted by Gasteiger charge is -2.12. The van der Waals surface area contributed by atoms with Crippen molar-refractivity contribution in [3.63, 3.8) is 0 Å². The van der Waals surface area contributed by atoms with Crippen molar-refractivity contribution in [1.29, 1.82) is 0 Å². The van der Waals surface area contributed by atoms with Crippen LogP contribution < -0.4 is 0 Å². The number of halogens is 1. The maximum Gasteiger partial charge on any atom is 0.361 e. The predicted molar refractivity (Wildman–Crippen MR) is 73.9 cm³/mol. The van der Waals surface area contributed by atoms with Gasteiger partial charge < -0.3 is 4.74 Å². The van der Waals surface area contributed by atoms with Gasteiger partial charge in [-0.25, -0.2) is 9.48 Å². The fraction of sp³-hybridized carbons (Fsp3) is 0.308. The van der Waals surface area contributed by atoms with E-state index in [1.54, 1.807) is 11.6 Å². The molecule has 1 heterocycles. The van der Waals surface area contributed by atoms with E-state index in [1.807, 2.05) is 37.3 Å². The minimum atomic E-state index is -0.471. The molecule has 0 radical (unpaired) electrons. The van der Waals surface area contributed by atoms with E-state index in [0.717, 1.165) is 5.56 Å². The molecule has 6 heteroatoms. The average molecular weight is 324 g/mol. The number of hydrogen-bond acceptors (Lipinski definition) is 4. The van der Waals surface area contributed by atoms with Gasteiger partial charge in [-0.3, -0.25) is 0 Å². The zero-order chi connectivity index (χ0) is 13.8. The van der Waals surface area contributed by atoms with Crippen molar-refractivity contribution >= 4 is 21.9 Å². The Bertz CT molecular complexity index is 569. The van der Waals surface area contributed by atoms with E-state index in [9.17, 15) is 4.79 Å². The van der Waals surface area contributed by atoms with Crippen LogP contribution in [0.4, 0.5) is 0 Å². The SMILES string of the molecule is CCOC(=O)c1nnn([C@H](C)c2ccccc2)c1Br. The maximum atomic E-state index is 11.7. The van der Waals surface area contributed by atoms with Gasteiger partial charge in [0.05, 0.1) is 12.6 Å². The molecule has 0 unspecified atom stereocenters. The van der Waals surface area contributed by atoms with Gasteiger partial charge in [0.1, 0.15) is 4.60 Å². The van der Waals surface area contributed by atoms with E-state index < -0.39 is 5.97 Å². The topological polar surface area (TPSA) is 57.0 Å². The first-order valence-corrected chi connectivity index (χ1v) is 6.77. The van der Waals surface area contributed by atoms with Gasteiger partial charge in [-0.15, -0.1) is 5.10 Å². The second-order valence-electron chi connectivity index (χ2n) is 3.98. The van der Waals surface area contributed by atoms with Crippen molar-refractivity contribution in [1.82, 2.24) is 15.0 Å². The maximum absolute atomic E-state index is 11.7. The van der Waals surface area contributed by atoms with Crippen molar-refractivity contribution in [2.75, 3.05) is 6.61 Å². The largest absolute Gasteiger partial charge is 0.461 e. The van der Waals surface area contributed by atoms with E-state index in [2.05, 4.69) is 26.2 Å². The van der Waals surface area contributed by atoms with Crippen LogP contribution in [0.5, 0.6) is 0 Å². The molecule has 0 N–H and O–H groups in total. The van der Waals surface area contributed by atoms with Gasteiger partial charge in [-0.1, -0.05) is 35.5 Å². The molecular weight excluding hydrogens is 310 g/mol. The molecule has 100 valence electrons. The van der Waals surface area contributed by atoms with Crippen molar-refractivity contribution in [2.45, 2.75) is 19.9 Å². The number of nitrogens with zero attached hydrogens (tertiary/aromatic N) is 3. The molecule has 0 spiro atoms. The molecule has 2 rings (SSSR count). The van der Waals surface area contributed by atoms with Gasteiger partial charge in [0.2, 0.25) is 5.69 Å². The third-order valence-corrected chi connectivity index (χ3v) is 3.49. The van der Waals surface area contributed by atoms with Gasteiger partial charge in [0.15, 0.2) is 0 Å². The first kappa shape index (κ1) is 13.7. The molecule has 2 aromatic rings. The third kappa shape index (κ3) is 2.84. The average Bonchev–Trinajstić information content (AvgIpc) is 2.81. The zero-order valence-electron chi connectivity index (χ0n) is 10.7. The van der Waals surface area contributed by atoms with E-state index >= 15 is 0 Å². The lowest BCUT2D eigenvalue weighted by atomic mass is 10.1. The third-order valence-electron chi connectivity index (χ3n) is 2.76. The Morgan fingerprint density at radius 2 is 2.11 bits per heavy atom. The Morgan fingerprint density at radius 3 is 2.74 bits per heavy atom. The fourth-order valence-corrected chi connectivity index (χ4v) is 2.35. The summed E-state index contributed by atoms with van der Waals surface area (Å²) >= 11 is 3.36. The predicted octanol–water partition coefficient (Wildman–Crippen LogP) is 2.83. The van der Waals surface area contributed by atoms with Gasteiger partial charge in [0, 0.05) is 0 Å². The summed E-state index contributed by atoms with van der Waals surface area (Å²) in [6, 6.07) is 9.86. The highest BCUT2D eigenvalue weighted by molar-refractivity contribution is 9.10. The van der Waals surface area contributed by atoms with Crippen LogP contribution in [-0.4, -0.2) is 27.6 Å². The molecule has 0 aliphatic rings. The summed E-state index contributed by atoms with van der Waals surface area (Å²) in [7, 11) is 0. The van der Waals surface area contributed by atoms with Crippen LogP contribution in [0.3, 0.4) is 0 Å². The fourth-order valence-electron chi connectivity index (χ4n) is 1.73. The van der Waals surface area contributed by atoms with Crippen LogP contribution in [0.1, 0.15) is 35.9 Å². The highest BCUT2D eigenvalue weighted by Gasteiger charge is 2.22. The molecule has 0 bridgehead atoms. The molecule has 1 aromatic carbocycles. The van der Waals surface area contributed by atoms with Crippen molar-refractivity contribution in [2.24, 2.45) is 0 Å². The normalized spacial score (nSPS) is 12.2. The van der Waals surface area contributed by atoms with Crippen LogP contribution in [0.2, 0.25) is 0 Å². The standard InChI is InChI=1S/C13H14BrN3O2/c1-3-19-13(18)11-12(14)17(16-15-11)9(2)10-7-5-4-6-8-10/h4-9H,3H2,1-2H3/t9-/m1/s1. The van der Waals surface area contributed by atoms with Crippen LogP contribution in [0.25, 0.3) is 0 Å². The quantitative estimate of drug-likeness (QED) is 0.812. The molecule has 5 nitrogen and oxygen atoms in total. The van der Waals surface area contributed by atoms with E-state index in [1.165, 1.54) is 0 Å². The summed E-state index contributed by atoms with van der Waals surface area (Å²) in [5.74, 6) is -0.471. The lowest BCUT2D eigenvalue weighted by Crippen LogP contribution is -2.10. The molecule has 0 aliphatic carbocycles. The highest BCUT2D eigenvalue weighted by atomic mass is 79.9. The Hall–Kier alpha value is -1.69. The van der Waals surface area contributed by atoms with Crippen LogP contribution in [-0.2, 0) is 4.74 Å². The van der Waals surface area contributed by atoms with Crippen molar-refractivity contribution < 1.29 is 9.53 Å². The number of ether oxygens (including phenoxy) is 1. The Balaban J connectivity index is 2.29. The molecule has 0 aliphatic heterocycles. The molecule has 19 heavy (non-hydrogen) atoms. The van der Waals surface area contributed by atoms with Gasteiger partial charge in [-0.2, -0.15) is 0 Å². The Kier molecular flexibility index (Phi) is 4.31. The molecule has 0 fully saturated rings. The first-order chi connectivity index (χ1) is 9.15. The second-order valence-corrected chi connectivity index (χ2v) is 4.73. The van der Waals surface area contributed by atoms with Crippen LogP contribution in [0.15, 0.2) is 34.9 Å². The van der Waals surface area contributed by atoms with E-state index in [4.69, 9.17) is 4.74 Å². The molecule has 1 atom stereocenters. The number of hydrogen-bond donors (Lipinski definition) is 0. The van der Waals surface area contributed by atoms with Gasteiger partial charge >= 0.3 is 5.97 Å². The number of rotatable bonds is 4. The summed E-state index contributed by atoms with van der Waals surface area (Å²) in [6.07, 6.45) is 0. The number of benzene rings is 1. The Morgan fingerprint density at radius 1 is 1.42 bits per heavy atom. The minimum absolute atomic E-state index is 0.0220. The summed E-state index contributed by atoms with van der Waals surface area (Å²) in [5.41, 5.74) is 1.29. The van der Waals surface area contributed by atoms with Crippen molar-refractivity contribution in [3.8, 4) is 0 Å². The smallest absolute Gasteiger partial charge is 0.361 e. The number of carbonyl (C=O) groups is 1. The summed E-state index contributed by atoms with van der Waals surface area (Å²) in [4.78, 5) is 11.7. The van der Waals surface area contributed by atoms with Crippen LogP contribution >= 0.6 is 15.9 Å². The monoisotopic (exact) mass is 323 g/mol. The minimum Gasteiger partial charge on any atom is -0.461 e. The number of carbonyl (C=O) groups excluding carboxylic acids is 1. The van der Waals surface area contributed by atoms with Gasteiger partial charge in [0.25, 0.3) is 0 Å². The van der Waals surface area contributed by atoms with Crippen molar-refractivity contribution in [3.05, 3.63) is 46.2 Å². The zero-order valence-corrected chi connectivity index (χ0v) is 12.3. The Labute approximate surface area is 119 Å².